The van der Waals surface area contributed by atoms with Gasteiger partial charge in [-0.25, -0.2) is 4.39 Å². The Bertz CT molecular complexity index is 1230. The lowest BCUT2D eigenvalue weighted by molar-refractivity contribution is -0.117. The first kappa shape index (κ1) is 19.9. The van der Waals surface area contributed by atoms with Gasteiger partial charge in [0.25, 0.3) is 5.91 Å². The molecule has 2 atom stereocenters. The van der Waals surface area contributed by atoms with Gasteiger partial charge in [-0.1, -0.05) is 30.3 Å². The van der Waals surface area contributed by atoms with Crippen LogP contribution in [0.1, 0.15) is 32.7 Å². The van der Waals surface area contributed by atoms with Crippen molar-refractivity contribution in [3.63, 3.8) is 0 Å². The van der Waals surface area contributed by atoms with E-state index in [0.29, 0.717) is 18.5 Å². The van der Waals surface area contributed by atoms with Crippen molar-refractivity contribution in [1.82, 2.24) is 5.32 Å². The van der Waals surface area contributed by atoms with E-state index in [-0.39, 0.29) is 40.8 Å². The number of ketones is 1. The highest BCUT2D eigenvalue weighted by molar-refractivity contribution is 6.15. The molecule has 0 spiro atoms. The van der Waals surface area contributed by atoms with Crippen molar-refractivity contribution in [3.05, 3.63) is 95.3 Å². The molecule has 3 aromatic rings. The van der Waals surface area contributed by atoms with E-state index < -0.39 is 5.82 Å². The number of halogens is 1. The van der Waals surface area contributed by atoms with Gasteiger partial charge in [0.15, 0.2) is 5.78 Å². The summed E-state index contributed by atoms with van der Waals surface area (Å²) in [6.07, 6.45) is 0.472. The van der Waals surface area contributed by atoms with Crippen molar-refractivity contribution in [2.24, 2.45) is 0 Å². The van der Waals surface area contributed by atoms with E-state index in [2.05, 4.69) is 10.6 Å². The molecule has 2 aliphatic heterocycles. The van der Waals surface area contributed by atoms with Crippen LogP contribution < -0.4 is 15.5 Å². The zero-order valence-electron chi connectivity index (χ0n) is 17.0. The maximum Gasteiger partial charge on any atom is 0.252 e. The number of nitrogens with one attached hydrogen (secondary N) is 2. The third kappa shape index (κ3) is 3.51. The number of fused-ring (bicyclic) bond motifs is 3. The lowest BCUT2D eigenvalue weighted by Gasteiger charge is -2.32. The minimum atomic E-state index is -0.434. The number of hydrogen-bond acceptors (Lipinski definition) is 4. The largest absolute Gasteiger partial charge is 0.356 e. The fraction of sp³-hybridized carbons (Fsp3) is 0.160. The summed E-state index contributed by atoms with van der Waals surface area (Å²) in [6, 6.07) is 18.8. The fourth-order valence-electron chi connectivity index (χ4n) is 4.40. The minimum Gasteiger partial charge on any atom is -0.356 e. The van der Waals surface area contributed by atoms with E-state index in [1.807, 2.05) is 29.2 Å². The molecule has 160 valence electrons. The monoisotopic (exact) mass is 429 g/mol. The molecule has 0 aliphatic carbocycles. The summed E-state index contributed by atoms with van der Waals surface area (Å²) in [4.78, 5) is 40.6. The van der Waals surface area contributed by atoms with Gasteiger partial charge in [-0.3, -0.25) is 14.4 Å². The summed E-state index contributed by atoms with van der Waals surface area (Å²) in [7, 11) is 0. The molecular weight excluding hydrogens is 409 g/mol. The van der Waals surface area contributed by atoms with Gasteiger partial charge >= 0.3 is 0 Å². The lowest BCUT2D eigenvalue weighted by atomic mass is 9.97. The van der Waals surface area contributed by atoms with E-state index in [9.17, 15) is 18.8 Å². The van der Waals surface area contributed by atoms with Crippen molar-refractivity contribution in [3.8, 4) is 0 Å². The molecule has 0 saturated carbocycles. The predicted octanol–water partition coefficient (Wildman–Crippen LogP) is 3.39. The Hall–Kier alpha value is -4.00. The molecular formula is C25H20FN3O3. The van der Waals surface area contributed by atoms with Crippen molar-refractivity contribution >= 4 is 29.0 Å². The molecule has 2 amide bonds. The zero-order valence-corrected chi connectivity index (χ0v) is 17.0. The third-order valence-corrected chi connectivity index (χ3v) is 5.93. The molecule has 1 fully saturated rings. The normalized spacial score (nSPS) is 19.0. The Morgan fingerprint density at radius 1 is 0.938 bits per heavy atom. The zero-order chi connectivity index (χ0) is 22.2. The minimum absolute atomic E-state index is 0.0904. The van der Waals surface area contributed by atoms with E-state index >= 15 is 0 Å². The molecule has 1 saturated heterocycles. The van der Waals surface area contributed by atoms with E-state index in [1.165, 1.54) is 24.3 Å². The van der Waals surface area contributed by atoms with Crippen LogP contribution in [0, 0.1) is 5.82 Å². The van der Waals surface area contributed by atoms with Crippen LogP contribution in [-0.2, 0) is 4.79 Å². The van der Waals surface area contributed by atoms with Gasteiger partial charge in [-0.05, 0) is 48.9 Å². The van der Waals surface area contributed by atoms with Crippen LogP contribution in [0.25, 0.3) is 0 Å². The van der Waals surface area contributed by atoms with Crippen LogP contribution >= 0.6 is 0 Å². The Kier molecular flexibility index (Phi) is 4.93. The molecule has 0 radical (unpaired) electrons. The molecule has 7 heteroatoms. The molecule has 3 aromatic carbocycles. The molecule has 2 heterocycles. The molecule has 2 unspecified atom stereocenters. The van der Waals surface area contributed by atoms with Gasteiger partial charge in [0.1, 0.15) is 11.9 Å². The summed E-state index contributed by atoms with van der Waals surface area (Å²) >= 11 is 0. The third-order valence-electron chi connectivity index (χ3n) is 5.93. The highest BCUT2D eigenvalue weighted by atomic mass is 19.1. The summed E-state index contributed by atoms with van der Waals surface area (Å²) in [5, 5.41) is 5.90. The fourth-order valence-corrected chi connectivity index (χ4v) is 4.40. The summed E-state index contributed by atoms with van der Waals surface area (Å²) in [6.45, 7) is 0.495. The van der Waals surface area contributed by atoms with E-state index in [1.54, 1.807) is 24.3 Å². The second kappa shape index (κ2) is 7.92. The van der Waals surface area contributed by atoms with Gasteiger partial charge in [-0.2, -0.15) is 0 Å². The second-order valence-electron chi connectivity index (χ2n) is 7.96. The molecule has 0 bridgehead atoms. The SMILES string of the molecule is O=C(NC1CC2C(=O)Nc3ccccc3N2C1)c1ccccc1C(=O)c1ccc(F)cc1. The predicted molar refractivity (Wildman–Crippen MR) is 118 cm³/mol. The quantitative estimate of drug-likeness (QED) is 0.624. The van der Waals surface area contributed by atoms with Crippen molar-refractivity contribution in [2.75, 3.05) is 16.8 Å². The number of benzene rings is 3. The van der Waals surface area contributed by atoms with Crippen LogP contribution in [0.4, 0.5) is 15.8 Å². The lowest BCUT2D eigenvalue weighted by Crippen LogP contribution is -2.44. The van der Waals surface area contributed by atoms with Gasteiger partial charge in [0, 0.05) is 23.7 Å². The van der Waals surface area contributed by atoms with Crippen LogP contribution in [0.3, 0.4) is 0 Å². The van der Waals surface area contributed by atoms with Gasteiger partial charge < -0.3 is 15.5 Å². The Morgan fingerprint density at radius 2 is 1.62 bits per heavy atom. The second-order valence-corrected chi connectivity index (χ2v) is 7.96. The van der Waals surface area contributed by atoms with E-state index in [4.69, 9.17) is 0 Å². The number of carbonyl (C=O) groups excluding carboxylic acids is 3. The molecule has 32 heavy (non-hydrogen) atoms. The summed E-state index contributed by atoms with van der Waals surface area (Å²) in [5.74, 6) is -1.26. The number of rotatable bonds is 4. The Labute approximate surface area is 184 Å². The first-order chi connectivity index (χ1) is 15.5. The number of hydrogen-bond donors (Lipinski definition) is 2. The van der Waals surface area contributed by atoms with Crippen LogP contribution in [0.15, 0.2) is 72.8 Å². The standard InChI is InChI=1S/C25H20FN3O3/c26-16-11-9-15(10-12-16)23(30)18-5-1-2-6-19(18)24(31)27-17-13-22-25(32)28-20-7-3-4-8-21(20)29(22)14-17/h1-12,17,22H,13-14H2,(H,27,31)(H,28,32). The number of amides is 2. The smallest absolute Gasteiger partial charge is 0.252 e. The summed E-state index contributed by atoms with van der Waals surface area (Å²) in [5.41, 5.74) is 2.49. The van der Waals surface area contributed by atoms with Crippen LogP contribution in [-0.4, -0.2) is 36.2 Å². The molecule has 5 rings (SSSR count). The van der Waals surface area contributed by atoms with Gasteiger partial charge in [-0.15, -0.1) is 0 Å². The number of nitrogens with zero attached hydrogens (tertiary/aromatic N) is 1. The van der Waals surface area contributed by atoms with Crippen LogP contribution in [0.5, 0.6) is 0 Å². The molecule has 2 aliphatic rings. The highest BCUT2D eigenvalue weighted by Crippen LogP contribution is 2.36. The van der Waals surface area contributed by atoms with Gasteiger partial charge in [0.05, 0.1) is 16.9 Å². The Morgan fingerprint density at radius 3 is 2.41 bits per heavy atom. The number of para-hydroxylation sites is 2. The average molecular weight is 429 g/mol. The first-order valence-electron chi connectivity index (χ1n) is 10.4. The molecule has 6 nitrogen and oxygen atoms in total. The highest BCUT2D eigenvalue weighted by Gasteiger charge is 2.41. The molecule has 2 N–H and O–H groups in total. The van der Waals surface area contributed by atoms with E-state index in [0.717, 1.165) is 11.4 Å². The first-order valence-corrected chi connectivity index (χ1v) is 10.4. The maximum atomic E-state index is 13.2. The number of anilines is 2. The van der Waals surface area contributed by atoms with Crippen molar-refractivity contribution in [1.29, 1.82) is 0 Å². The molecule has 0 aromatic heterocycles. The van der Waals surface area contributed by atoms with Crippen molar-refractivity contribution < 1.29 is 18.8 Å². The summed E-state index contributed by atoms with van der Waals surface area (Å²) < 4.78 is 13.2. The van der Waals surface area contributed by atoms with Crippen LogP contribution in [0.2, 0.25) is 0 Å². The van der Waals surface area contributed by atoms with Gasteiger partial charge in [0.2, 0.25) is 5.91 Å². The number of carbonyl (C=O) groups is 3. The average Bonchev–Trinajstić information content (AvgIpc) is 3.24. The Balaban J connectivity index is 1.36. The van der Waals surface area contributed by atoms with Crippen molar-refractivity contribution in [2.45, 2.75) is 18.5 Å². The maximum absolute atomic E-state index is 13.2. The topological polar surface area (TPSA) is 78.5 Å².